The molecule has 0 aliphatic carbocycles. The molecule has 0 spiro atoms. The van der Waals surface area contributed by atoms with E-state index in [2.05, 4.69) is 10.6 Å². The van der Waals surface area contributed by atoms with Gasteiger partial charge in [-0.3, -0.25) is 19.7 Å². The van der Waals surface area contributed by atoms with Crippen molar-refractivity contribution in [2.75, 3.05) is 5.32 Å². The molecule has 2 aromatic carbocycles. The summed E-state index contributed by atoms with van der Waals surface area (Å²) in [6, 6.07) is 14.4. The van der Waals surface area contributed by atoms with Crippen molar-refractivity contribution in [2.45, 2.75) is 25.8 Å². The summed E-state index contributed by atoms with van der Waals surface area (Å²) in [4.78, 5) is 35.7. The molecule has 1 atom stereocenters. The Bertz CT molecular complexity index is 1020. The van der Waals surface area contributed by atoms with Gasteiger partial charge >= 0.3 is 0 Å². The zero-order chi connectivity index (χ0) is 21.5. The minimum atomic E-state index is -0.820. The Kier molecular flexibility index (Phi) is 6.92. The van der Waals surface area contributed by atoms with Gasteiger partial charge in [-0.25, -0.2) is 0 Å². The molecule has 0 fully saturated rings. The molecule has 2 N–H and O–H groups in total. The van der Waals surface area contributed by atoms with Gasteiger partial charge < -0.3 is 10.6 Å². The van der Waals surface area contributed by atoms with Crippen molar-refractivity contribution in [3.63, 3.8) is 0 Å². The zero-order valence-corrected chi connectivity index (χ0v) is 17.1. The maximum atomic E-state index is 12.9. The molecule has 0 aliphatic rings. The predicted octanol–water partition coefficient (Wildman–Crippen LogP) is 3.87. The number of thiophene rings is 1. The number of benzene rings is 2. The molecule has 0 radical (unpaired) electrons. The summed E-state index contributed by atoms with van der Waals surface area (Å²) in [6.07, 6.45) is 0.392. The van der Waals surface area contributed by atoms with Gasteiger partial charge in [-0.1, -0.05) is 29.8 Å². The van der Waals surface area contributed by atoms with Crippen molar-refractivity contribution in [1.82, 2.24) is 5.32 Å². The largest absolute Gasteiger partial charge is 0.344 e. The fourth-order valence-electron chi connectivity index (χ4n) is 2.89. The predicted molar refractivity (Wildman–Crippen MR) is 117 cm³/mol. The summed E-state index contributed by atoms with van der Waals surface area (Å²) in [5, 5.41) is 20.2. The number of hydrogen-bond donors (Lipinski definition) is 2. The van der Waals surface area contributed by atoms with Crippen molar-refractivity contribution in [2.24, 2.45) is 0 Å². The summed E-state index contributed by atoms with van der Waals surface area (Å²) in [7, 11) is 0. The molecule has 7 nitrogen and oxygen atoms in total. The first kappa shape index (κ1) is 21.2. The number of aryl methyl sites for hydroxylation is 1. The van der Waals surface area contributed by atoms with Gasteiger partial charge in [0.15, 0.2) is 0 Å². The number of nitrogens with zero attached hydrogens (tertiary/aromatic N) is 1. The van der Waals surface area contributed by atoms with Gasteiger partial charge in [0.25, 0.3) is 5.69 Å². The second-order valence-corrected chi connectivity index (χ2v) is 7.69. The number of non-ortho nitro benzene ring substituents is 1. The molecule has 1 aromatic heterocycles. The van der Waals surface area contributed by atoms with Gasteiger partial charge in [-0.05, 0) is 47.0 Å². The SMILES string of the molecule is Cc1ccc(NC(=O)[C@H](Cc2ccc([N+](=O)[O-])cc2)NC(=O)Cc2ccsc2)cc1. The van der Waals surface area contributed by atoms with Crippen LogP contribution in [0, 0.1) is 17.0 Å². The highest BCUT2D eigenvalue weighted by Crippen LogP contribution is 2.15. The molecule has 2 amide bonds. The molecule has 0 aliphatic heterocycles. The van der Waals surface area contributed by atoms with Crippen LogP contribution in [-0.2, 0) is 22.4 Å². The lowest BCUT2D eigenvalue weighted by Crippen LogP contribution is -2.45. The van der Waals surface area contributed by atoms with E-state index in [0.29, 0.717) is 11.3 Å². The first-order chi connectivity index (χ1) is 14.4. The molecule has 3 rings (SSSR count). The maximum absolute atomic E-state index is 12.9. The van der Waals surface area contributed by atoms with E-state index in [9.17, 15) is 19.7 Å². The van der Waals surface area contributed by atoms with Crippen molar-refractivity contribution in [3.8, 4) is 0 Å². The average molecular weight is 423 g/mol. The molecule has 30 heavy (non-hydrogen) atoms. The number of carbonyl (C=O) groups excluding carboxylic acids is 2. The van der Waals surface area contributed by atoms with E-state index in [1.807, 2.05) is 35.9 Å². The number of nitrogens with one attached hydrogen (secondary N) is 2. The maximum Gasteiger partial charge on any atom is 0.269 e. The third kappa shape index (κ3) is 5.99. The highest BCUT2D eigenvalue weighted by atomic mass is 32.1. The Morgan fingerprint density at radius 3 is 2.33 bits per heavy atom. The van der Waals surface area contributed by atoms with Crippen molar-refractivity contribution in [1.29, 1.82) is 0 Å². The minimum Gasteiger partial charge on any atom is -0.344 e. The molecular weight excluding hydrogens is 402 g/mol. The van der Waals surface area contributed by atoms with E-state index in [1.54, 1.807) is 24.3 Å². The number of anilines is 1. The average Bonchev–Trinajstić information content (AvgIpc) is 3.22. The highest BCUT2D eigenvalue weighted by molar-refractivity contribution is 7.08. The van der Waals surface area contributed by atoms with E-state index >= 15 is 0 Å². The van der Waals surface area contributed by atoms with Crippen molar-refractivity contribution < 1.29 is 14.5 Å². The summed E-state index contributed by atoms with van der Waals surface area (Å²) in [6.45, 7) is 1.95. The van der Waals surface area contributed by atoms with Crippen molar-refractivity contribution >= 4 is 34.5 Å². The Balaban J connectivity index is 1.74. The topological polar surface area (TPSA) is 101 Å². The molecule has 1 heterocycles. The Morgan fingerprint density at radius 1 is 1.03 bits per heavy atom. The van der Waals surface area contributed by atoms with Crippen LogP contribution in [0.3, 0.4) is 0 Å². The van der Waals surface area contributed by atoms with E-state index in [1.165, 1.54) is 23.5 Å². The van der Waals surface area contributed by atoms with Crippen LogP contribution in [0.15, 0.2) is 65.4 Å². The minimum absolute atomic E-state index is 0.0269. The first-order valence-electron chi connectivity index (χ1n) is 9.32. The normalized spacial score (nSPS) is 11.5. The molecule has 8 heteroatoms. The molecule has 0 bridgehead atoms. The van der Waals surface area contributed by atoms with Crippen LogP contribution in [-0.4, -0.2) is 22.8 Å². The lowest BCUT2D eigenvalue weighted by atomic mass is 10.0. The van der Waals surface area contributed by atoms with Gasteiger partial charge in [0.1, 0.15) is 6.04 Å². The number of amides is 2. The van der Waals surface area contributed by atoms with Crippen LogP contribution in [0.25, 0.3) is 0 Å². The first-order valence-corrected chi connectivity index (χ1v) is 10.3. The van der Waals surface area contributed by atoms with E-state index in [0.717, 1.165) is 11.1 Å². The number of nitro groups is 1. The van der Waals surface area contributed by atoms with E-state index in [4.69, 9.17) is 0 Å². The molecule has 0 unspecified atom stereocenters. The van der Waals surface area contributed by atoms with E-state index in [-0.39, 0.29) is 30.3 Å². The Morgan fingerprint density at radius 2 is 1.73 bits per heavy atom. The molecule has 3 aromatic rings. The van der Waals surface area contributed by atoms with Crippen LogP contribution < -0.4 is 10.6 Å². The second kappa shape index (κ2) is 9.80. The van der Waals surface area contributed by atoms with Crippen LogP contribution >= 0.6 is 11.3 Å². The van der Waals surface area contributed by atoms with Gasteiger partial charge in [-0.15, -0.1) is 0 Å². The monoisotopic (exact) mass is 423 g/mol. The highest BCUT2D eigenvalue weighted by Gasteiger charge is 2.22. The Hall–Kier alpha value is -3.52. The molecule has 154 valence electrons. The molecule has 0 saturated heterocycles. The zero-order valence-electron chi connectivity index (χ0n) is 16.3. The van der Waals surface area contributed by atoms with Crippen LogP contribution in [0.5, 0.6) is 0 Å². The number of carbonyl (C=O) groups is 2. The van der Waals surface area contributed by atoms with Crippen LogP contribution in [0.2, 0.25) is 0 Å². The summed E-state index contributed by atoms with van der Waals surface area (Å²) in [5.41, 5.74) is 3.26. The van der Waals surface area contributed by atoms with Gasteiger partial charge in [0.05, 0.1) is 11.3 Å². The van der Waals surface area contributed by atoms with Crippen LogP contribution in [0.1, 0.15) is 16.7 Å². The fraction of sp³-hybridized carbons (Fsp3) is 0.182. The van der Waals surface area contributed by atoms with Crippen LogP contribution in [0.4, 0.5) is 11.4 Å². The summed E-state index contributed by atoms with van der Waals surface area (Å²) >= 11 is 1.50. The van der Waals surface area contributed by atoms with E-state index < -0.39 is 11.0 Å². The van der Waals surface area contributed by atoms with Gasteiger partial charge in [0, 0.05) is 24.2 Å². The number of rotatable bonds is 8. The molecular formula is C22H21N3O4S. The fourth-order valence-corrected chi connectivity index (χ4v) is 3.56. The summed E-state index contributed by atoms with van der Waals surface area (Å²) in [5.74, 6) is -0.616. The smallest absolute Gasteiger partial charge is 0.269 e. The van der Waals surface area contributed by atoms with Crippen molar-refractivity contribution in [3.05, 3.63) is 92.2 Å². The number of nitro benzene ring substituents is 1. The van der Waals surface area contributed by atoms with Gasteiger partial charge in [-0.2, -0.15) is 11.3 Å². The summed E-state index contributed by atoms with van der Waals surface area (Å²) < 4.78 is 0. The quantitative estimate of drug-likeness (QED) is 0.424. The molecule has 0 saturated carbocycles. The number of hydrogen-bond acceptors (Lipinski definition) is 5. The second-order valence-electron chi connectivity index (χ2n) is 6.91. The Labute approximate surface area is 177 Å². The standard InChI is InChI=1S/C22H21N3O4S/c1-15-2-6-18(7-3-15)23-22(27)20(24-21(26)13-17-10-11-30-14-17)12-16-4-8-19(9-5-16)25(28)29/h2-11,14,20H,12-13H2,1H3,(H,23,27)(H,24,26)/t20-/m0/s1. The third-order valence-electron chi connectivity index (χ3n) is 4.50. The third-order valence-corrected chi connectivity index (χ3v) is 5.23. The lowest BCUT2D eigenvalue weighted by molar-refractivity contribution is -0.384. The lowest BCUT2D eigenvalue weighted by Gasteiger charge is -2.19. The van der Waals surface area contributed by atoms with Gasteiger partial charge in [0.2, 0.25) is 11.8 Å².